The predicted octanol–water partition coefficient (Wildman–Crippen LogP) is 5.03. The number of nitrogens with zero attached hydrogens (tertiary/aromatic N) is 3. The van der Waals surface area contributed by atoms with E-state index < -0.39 is 42.1 Å². The van der Waals surface area contributed by atoms with E-state index >= 15 is 0 Å². The summed E-state index contributed by atoms with van der Waals surface area (Å²) in [6, 6.07) is 8.89. The van der Waals surface area contributed by atoms with Gasteiger partial charge in [-0.15, -0.1) is 0 Å². The molecule has 0 unspecified atom stereocenters. The van der Waals surface area contributed by atoms with Gasteiger partial charge in [0.1, 0.15) is 0 Å². The first-order chi connectivity index (χ1) is 17.8. The molecular weight excluding hydrogens is 520 g/mol. The molecule has 1 atom stereocenters. The van der Waals surface area contributed by atoms with Gasteiger partial charge < -0.3 is 15.7 Å². The number of nitrogens with one attached hydrogen (secondary N) is 2. The Morgan fingerprint density at radius 2 is 1.71 bits per heavy atom. The maximum Gasteiger partial charge on any atom is 0.419 e. The van der Waals surface area contributed by atoms with Crippen molar-refractivity contribution < 1.29 is 41.0 Å². The van der Waals surface area contributed by atoms with Crippen molar-refractivity contribution in [1.29, 1.82) is 0 Å². The Hall–Kier alpha value is -4.10. The van der Waals surface area contributed by atoms with Crippen molar-refractivity contribution in [1.82, 2.24) is 20.1 Å². The number of benzene rings is 1. The number of alkyl halides is 6. The number of anilines is 1. The first-order valence-corrected chi connectivity index (χ1v) is 11.3. The number of carbonyl (C=O) groups excluding carboxylic acids is 1. The van der Waals surface area contributed by atoms with Gasteiger partial charge in [-0.25, -0.2) is 9.67 Å². The Bertz CT molecular complexity index is 1220. The zero-order chi connectivity index (χ0) is 27.9. The average molecular weight is 543 g/mol. The van der Waals surface area contributed by atoms with Crippen LogP contribution in [0.4, 0.5) is 32.0 Å². The maximum absolute atomic E-state index is 12.9. The molecule has 14 heteroatoms. The minimum Gasteiger partial charge on any atom is -0.481 e. The van der Waals surface area contributed by atoms with Gasteiger partial charge >= 0.3 is 18.3 Å². The van der Waals surface area contributed by atoms with E-state index in [4.69, 9.17) is 5.11 Å². The van der Waals surface area contributed by atoms with Crippen LogP contribution in [0.15, 0.2) is 55.0 Å². The summed E-state index contributed by atoms with van der Waals surface area (Å²) in [5.41, 5.74) is 0.277. The number of carbonyl (C=O) groups is 2. The minimum absolute atomic E-state index is 0.0647. The summed E-state index contributed by atoms with van der Waals surface area (Å²) in [5.74, 6) is -2.05. The highest BCUT2D eigenvalue weighted by molar-refractivity contribution is 5.94. The first-order valence-electron chi connectivity index (χ1n) is 11.3. The second kappa shape index (κ2) is 12.0. The fourth-order valence-corrected chi connectivity index (χ4v) is 3.48. The van der Waals surface area contributed by atoms with E-state index in [9.17, 15) is 35.9 Å². The van der Waals surface area contributed by atoms with Crippen LogP contribution in [0.5, 0.6) is 0 Å². The Balaban J connectivity index is 1.67. The van der Waals surface area contributed by atoms with Crippen LogP contribution in [0.25, 0.3) is 5.82 Å². The fraction of sp³-hybridized carbons (Fsp3) is 0.333. The van der Waals surface area contributed by atoms with Gasteiger partial charge in [-0.3, -0.25) is 9.59 Å². The molecule has 204 valence electrons. The molecular formula is C24H23F6N5O3. The smallest absolute Gasteiger partial charge is 0.419 e. The molecule has 0 spiro atoms. The highest BCUT2D eigenvalue weighted by Gasteiger charge is 2.32. The van der Waals surface area contributed by atoms with E-state index in [0.29, 0.717) is 17.4 Å². The van der Waals surface area contributed by atoms with Gasteiger partial charge in [-0.05, 0) is 36.2 Å². The number of rotatable bonds is 11. The van der Waals surface area contributed by atoms with Crippen LogP contribution in [-0.4, -0.2) is 51.0 Å². The molecule has 3 N–H and O–H groups in total. The normalized spacial score (nSPS) is 12.7. The predicted molar refractivity (Wildman–Crippen MR) is 124 cm³/mol. The van der Waals surface area contributed by atoms with E-state index in [1.54, 1.807) is 0 Å². The van der Waals surface area contributed by atoms with Crippen molar-refractivity contribution in [3.05, 3.63) is 71.7 Å². The lowest BCUT2D eigenvalue weighted by Gasteiger charge is -2.20. The number of halogens is 6. The van der Waals surface area contributed by atoms with E-state index in [1.807, 2.05) is 0 Å². The van der Waals surface area contributed by atoms with E-state index in [0.717, 1.165) is 10.9 Å². The molecule has 0 fully saturated rings. The monoisotopic (exact) mass is 543 g/mol. The summed E-state index contributed by atoms with van der Waals surface area (Å²) >= 11 is 0. The SMILES string of the molecule is O=C(O)CCNC(=O)c1ccc([C@H](CCC(F)(F)F)CNc2ccc(-n3cc(C(F)(F)F)cn3)nc2)cc1. The van der Waals surface area contributed by atoms with Crippen LogP contribution < -0.4 is 10.6 Å². The maximum atomic E-state index is 12.9. The lowest BCUT2D eigenvalue weighted by atomic mass is 9.93. The van der Waals surface area contributed by atoms with Crippen molar-refractivity contribution in [3.8, 4) is 5.82 Å². The summed E-state index contributed by atoms with van der Waals surface area (Å²) in [7, 11) is 0. The van der Waals surface area contributed by atoms with Gasteiger partial charge in [-0.1, -0.05) is 12.1 Å². The third-order valence-corrected chi connectivity index (χ3v) is 5.49. The van der Waals surface area contributed by atoms with Crippen LogP contribution >= 0.6 is 0 Å². The summed E-state index contributed by atoms with van der Waals surface area (Å²) in [6.07, 6.45) is -7.65. The molecule has 38 heavy (non-hydrogen) atoms. The minimum atomic E-state index is -4.55. The Morgan fingerprint density at radius 1 is 1.00 bits per heavy atom. The second-order valence-electron chi connectivity index (χ2n) is 8.33. The lowest BCUT2D eigenvalue weighted by molar-refractivity contribution is -0.138. The van der Waals surface area contributed by atoms with Crippen LogP contribution in [0, 0.1) is 0 Å². The molecule has 1 aromatic carbocycles. The molecule has 0 aliphatic rings. The van der Waals surface area contributed by atoms with Crippen molar-refractivity contribution >= 4 is 17.6 Å². The van der Waals surface area contributed by atoms with Gasteiger partial charge in [0.25, 0.3) is 5.91 Å². The van der Waals surface area contributed by atoms with E-state index in [-0.39, 0.29) is 37.3 Å². The topological polar surface area (TPSA) is 109 Å². The number of carboxylic acids is 1. The van der Waals surface area contributed by atoms with Crippen LogP contribution in [0.2, 0.25) is 0 Å². The number of carboxylic acid groups (broad SMARTS) is 1. The van der Waals surface area contributed by atoms with Gasteiger partial charge in [0.15, 0.2) is 5.82 Å². The van der Waals surface area contributed by atoms with Gasteiger partial charge in [0, 0.05) is 37.2 Å². The van der Waals surface area contributed by atoms with E-state index in [2.05, 4.69) is 20.7 Å². The molecule has 0 radical (unpaired) electrons. The Kier molecular flexibility index (Phi) is 8.96. The Labute approximate surface area is 212 Å². The Morgan fingerprint density at radius 3 is 2.26 bits per heavy atom. The zero-order valence-corrected chi connectivity index (χ0v) is 19.7. The molecule has 3 rings (SSSR count). The van der Waals surface area contributed by atoms with Gasteiger partial charge in [-0.2, -0.15) is 31.4 Å². The number of aromatic nitrogens is 3. The lowest BCUT2D eigenvalue weighted by Crippen LogP contribution is -2.26. The van der Waals surface area contributed by atoms with E-state index in [1.165, 1.54) is 42.6 Å². The average Bonchev–Trinajstić information content (AvgIpc) is 3.35. The zero-order valence-electron chi connectivity index (χ0n) is 19.7. The first kappa shape index (κ1) is 28.5. The summed E-state index contributed by atoms with van der Waals surface area (Å²) < 4.78 is 78.0. The van der Waals surface area contributed by atoms with Gasteiger partial charge in [0.2, 0.25) is 0 Å². The van der Waals surface area contributed by atoms with Crippen LogP contribution in [0.3, 0.4) is 0 Å². The fourth-order valence-electron chi connectivity index (χ4n) is 3.48. The standard InChI is InChI=1S/C24H23F6N5O3/c25-23(26,27)9-7-17(15-1-3-16(4-2-15)22(38)31-10-8-21(36)37)11-32-19-5-6-20(33-13-19)35-14-18(12-34-35)24(28,29)30/h1-6,12-14,17,32H,7-11H2,(H,31,38)(H,36,37)/t17-/m1/s1. The molecule has 3 aromatic rings. The number of hydrogen-bond donors (Lipinski definition) is 3. The number of hydrogen-bond acceptors (Lipinski definition) is 5. The second-order valence-corrected chi connectivity index (χ2v) is 8.33. The summed E-state index contributed by atoms with van der Waals surface area (Å²) in [4.78, 5) is 26.7. The molecule has 2 heterocycles. The third-order valence-electron chi connectivity index (χ3n) is 5.49. The van der Waals surface area contributed by atoms with Crippen LogP contribution in [-0.2, 0) is 11.0 Å². The third kappa shape index (κ3) is 8.49. The largest absolute Gasteiger partial charge is 0.481 e. The summed E-state index contributed by atoms with van der Waals surface area (Å²) in [5, 5.41) is 17.7. The van der Waals surface area contributed by atoms with Crippen molar-refractivity contribution in [2.75, 3.05) is 18.4 Å². The van der Waals surface area contributed by atoms with Gasteiger partial charge in [0.05, 0.1) is 30.1 Å². The molecule has 1 amide bonds. The molecule has 0 saturated carbocycles. The van der Waals surface area contributed by atoms with Crippen LogP contribution in [0.1, 0.15) is 46.7 Å². The van der Waals surface area contributed by atoms with Crippen molar-refractivity contribution in [2.45, 2.75) is 37.5 Å². The number of pyridine rings is 1. The van der Waals surface area contributed by atoms with Crippen molar-refractivity contribution in [2.24, 2.45) is 0 Å². The highest BCUT2D eigenvalue weighted by Crippen LogP contribution is 2.30. The number of aliphatic carboxylic acids is 1. The highest BCUT2D eigenvalue weighted by atomic mass is 19.4. The molecule has 0 aliphatic heterocycles. The number of amides is 1. The van der Waals surface area contributed by atoms with Crippen molar-refractivity contribution in [3.63, 3.8) is 0 Å². The molecule has 8 nitrogen and oxygen atoms in total. The molecule has 0 saturated heterocycles. The summed E-state index contributed by atoms with van der Waals surface area (Å²) in [6.45, 7) is 0.0199. The molecule has 2 aromatic heterocycles. The molecule has 0 aliphatic carbocycles. The quantitative estimate of drug-likeness (QED) is 0.293. The molecule has 0 bridgehead atoms.